The monoisotopic (exact) mass is 369 g/mol. The van der Waals surface area contributed by atoms with E-state index in [1.165, 1.54) is 0 Å². The summed E-state index contributed by atoms with van der Waals surface area (Å²) in [4.78, 5) is 17.8. The molecule has 152 valence electrons. The Morgan fingerprint density at radius 2 is 1.77 bits per heavy atom. The van der Waals surface area contributed by atoms with Crippen LogP contribution < -0.4 is 5.32 Å². The molecule has 0 aromatic rings. The van der Waals surface area contributed by atoms with E-state index in [1.54, 1.807) is 0 Å². The van der Waals surface area contributed by atoms with Crippen molar-refractivity contribution in [2.45, 2.75) is 46.6 Å². The number of hydrogen-bond acceptors (Lipinski definition) is 5. The minimum atomic E-state index is -0.370. The van der Waals surface area contributed by atoms with Crippen molar-refractivity contribution in [3.8, 4) is 0 Å². The highest BCUT2D eigenvalue weighted by Crippen LogP contribution is 2.33. The molecule has 6 nitrogen and oxygen atoms in total. The quantitative estimate of drug-likeness (QED) is 0.626. The van der Waals surface area contributed by atoms with Crippen LogP contribution in [0.1, 0.15) is 40.5 Å². The van der Waals surface area contributed by atoms with Crippen LogP contribution in [-0.4, -0.2) is 87.4 Å². The lowest BCUT2D eigenvalue weighted by Gasteiger charge is -2.42. The van der Waals surface area contributed by atoms with Crippen molar-refractivity contribution in [1.82, 2.24) is 15.1 Å². The highest BCUT2D eigenvalue weighted by molar-refractivity contribution is 5.83. The number of rotatable bonds is 9. The van der Waals surface area contributed by atoms with Crippen LogP contribution in [0.5, 0.6) is 0 Å². The second kappa shape index (κ2) is 10.6. The lowest BCUT2D eigenvalue weighted by Crippen LogP contribution is -2.53. The zero-order valence-electron chi connectivity index (χ0n) is 17.3. The van der Waals surface area contributed by atoms with Gasteiger partial charge in [0.2, 0.25) is 5.91 Å². The smallest absolute Gasteiger partial charge is 0.228 e. The van der Waals surface area contributed by atoms with Crippen LogP contribution in [0.4, 0.5) is 0 Å². The molecule has 0 saturated carbocycles. The first kappa shape index (κ1) is 21.6. The molecule has 0 bridgehead atoms. The van der Waals surface area contributed by atoms with Crippen molar-refractivity contribution < 1.29 is 14.3 Å². The predicted molar refractivity (Wildman–Crippen MR) is 104 cm³/mol. The van der Waals surface area contributed by atoms with Crippen molar-refractivity contribution in [2.75, 3.05) is 65.7 Å². The summed E-state index contributed by atoms with van der Waals surface area (Å²) in [5, 5.41) is 3.16. The topological polar surface area (TPSA) is 54.0 Å². The van der Waals surface area contributed by atoms with E-state index in [-0.39, 0.29) is 11.3 Å². The summed E-state index contributed by atoms with van der Waals surface area (Å²) in [5.74, 6) is 0.648. The van der Waals surface area contributed by atoms with Gasteiger partial charge in [-0.15, -0.1) is 0 Å². The van der Waals surface area contributed by atoms with Crippen LogP contribution in [0.15, 0.2) is 0 Å². The van der Waals surface area contributed by atoms with E-state index in [1.807, 2.05) is 0 Å². The number of amides is 1. The molecular weight excluding hydrogens is 330 g/mol. The number of piperidine rings is 1. The third-order valence-corrected chi connectivity index (χ3v) is 5.67. The molecule has 26 heavy (non-hydrogen) atoms. The number of carbonyl (C=O) groups excluding carboxylic acids is 1. The Labute approximate surface area is 159 Å². The summed E-state index contributed by atoms with van der Waals surface area (Å²) in [6.07, 6.45) is 1.76. The molecule has 1 amide bonds. The van der Waals surface area contributed by atoms with Crippen LogP contribution in [-0.2, 0) is 14.3 Å². The van der Waals surface area contributed by atoms with Gasteiger partial charge in [-0.1, -0.05) is 13.8 Å². The molecule has 0 atom stereocenters. The number of hydrogen-bond donors (Lipinski definition) is 1. The summed E-state index contributed by atoms with van der Waals surface area (Å²) in [7, 11) is 0. The number of ether oxygens (including phenoxy) is 2. The van der Waals surface area contributed by atoms with Crippen LogP contribution in [0.3, 0.4) is 0 Å². The Balaban J connectivity index is 1.85. The summed E-state index contributed by atoms with van der Waals surface area (Å²) < 4.78 is 11.4. The average molecular weight is 370 g/mol. The van der Waals surface area contributed by atoms with Crippen LogP contribution in [0.25, 0.3) is 0 Å². The second-order valence-electron chi connectivity index (χ2n) is 8.52. The summed E-state index contributed by atoms with van der Waals surface area (Å²) in [5.41, 5.74) is -0.370. The molecule has 6 heteroatoms. The maximum Gasteiger partial charge on any atom is 0.228 e. The first-order valence-corrected chi connectivity index (χ1v) is 10.3. The largest absolute Gasteiger partial charge is 0.379 e. The molecule has 2 heterocycles. The van der Waals surface area contributed by atoms with Gasteiger partial charge in [-0.05, 0) is 45.7 Å². The molecule has 0 unspecified atom stereocenters. The van der Waals surface area contributed by atoms with Gasteiger partial charge in [0.1, 0.15) is 0 Å². The van der Waals surface area contributed by atoms with Gasteiger partial charge in [0.05, 0.1) is 31.8 Å². The third-order valence-electron chi connectivity index (χ3n) is 5.67. The van der Waals surface area contributed by atoms with E-state index >= 15 is 0 Å². The Morgan fingerprint density at radius 3 is 2.35 bits per heavy atom. The lowest BCUT2D eigenvalue weighted by molar-refractivity contribution is -0.139. The maximum absolute atomic E-state index is 13.0. The first-order valence-electron chi connectivity index (χ1n) is 10.3. The zero-order chi connectivity index (χ0) is 19.0. The Kier molecular flexibility index (Phi) is 8.80. The summed E-state index contributed by atoms with van der Waals surface area (Å²) >= 11 is 0. The van der Waals surface area contributed by atoms with Crippen molar-refractivity contribution in [2.24, 2.45) is 11.3 Å². The molecule has 0 radical (unpaired) electrons. The molecule has 2 rings (SSSR count). The van der Waals surface area contributed by atoms with E-state index in [0.717, 1.165) is 65.3 Å². The highest BCUT2D eigenvalue weighted by atomic mass is 16.5. The van der Waals surface area contributed by atoms with E-state index < -0.39 is 0 Å². The van der Waals surface area contributed by atoms with Crippen LogP contribution in [0, 0.1) is 11.3 Å². The fourth-order valence-electron chi connectivity index (χ4n) is 3.68. The average Bonchev–Trinajstić information content (AvgIpc) is 2.64. The van der Waals surface area contributed by atoms with E-state index in [9.17, 15) is 4.79 Å². The van der Waals surface area contributed by atoms with Gasteiger partial charge >= 0.3 is 0 Å². The fourth-order valence-corrected chi connectivity index (χ4v) is 3.68. The minimum absolute atomic E-state index is 0.181. The number of nitrogens with one attached hydrogen (secondary N) is 1. The summed E-state index contributed by atoms with van der Waals surface area (Å²) in [6.45, 7) is 17.1. The Hall–Kier alpha value is -0.690. The van der Waals surface area contributed by atoms with Crippen molar-refractivity contribution in [3.63, 3.8) is 0 Å². The Morgan fingerprint density at radius 1 is 1.12 bits per heavy atom. The van der Waals surface area contributed by atoms with Crippen molar-refractivity contribution in [1.29, 1.82) is 0 Å². The van der Waals surface area contributed by atoms with Gasteiger partial charge in [-0.25, -0.2) is 0 Å². The molecule has 2 saturated heterocycles. The fraction of sp³-hybridized carbons (Fsp3) is 0.950. The van der Waals surface area contributed by atoms with Gasteiger partial charge in [-0.2, -0.15) is 0 Å². The number of likely N-dealkylation sites (tertiary alicyclic amines) is 1. The second-order valence-corrected chi connectivity index (χ2v) is 8.52. The molecule has 0 aromatic heterocycles. The van der Waals surface area contributed by atoms with E-state index in [0.29, 0.717) is 25.2 Å². The maximum atomic E-state index is 13.0. The van der Waals surface area contributed by atoms with Gasteiger partial charge in [0.15, 0.2) is 0 Å². The zero-order valence-corrected chi connectivity index (χ0v) is 17.3. The molecule has 0 aromatic carbocycles. The number of morpholine rings is 1. The van der Waals surface area contributed by atoms with E-state index in [2.05, 4.69) is 42.8 Å². The number of carbonyl (C=O) groups is 1. The molecule has 0 spiro atoms. The lowest BCUT2D eigenvalue weighted by atomic mass is 9.77. The SMILES string of the molecule is CC(C)CNC(=O)C1(COCCN2CCOCC2)CCN(C(C)C)CC1. The van der Waals surface area contributed by atoms with Gasteiger partial charge in [0.25, 0.3) is 0 Å². The molecular formula is C20H39N3O3. The van der Waals surface area contributed by atoms with Crippen molar-refractivity contribution in [3.05, 3.63) is 0 Å². The van der Waals surface area contributed by atoms with E-state index in [4.69, 9.17) is 9.47 Å². The standard InChI is InChI=1S/C20H39N3O3/c1-17(2)15-21-19(24)20(5-7-23(8-6-20)18(3)4)16-26-14-11-22-9-12-25-13-10-22/h17-18H,5-16H2,1-4H3,(H,21,24). The molecule has 1 N–H and O–H groups in total. The van der Waals surface area contributed by atoms with Gasteiger partial charge in [-0.3, -0.25) is 9.69 Å². The minimum Gasteiger partial charge on any atom is -0.379 e. The Bertz CT molecular complexity index is 415. The van der Waals surface area contributed by atoms with Gasteiger partial charge in [0, 0.05) is 32.2 Å². The third kappa shape index (κ3) is 6.48. The number of nitrogens with zero attached hydrogens (tertiary/aromatic N) is 2. The normalized spacial score (nSPS) is 22.1. The predicted octanol–water partition coefficient (Wildman–Crippen LogP) is 1.60. The van der Waals surface area contributed by atoms with Crippen molar-refractivity contribution >= 4 is 5.91 Å². The highest BCUT2D eigenvalue weighted by Gasteiger charge is 2.42. The molecule has 2 fully saturated rings. The summed E-state index contributed by atoms with van der Waals surface area (Å²) in [6, 6.07) is 0.536. The van der Waals surface area contributed by atoms with Gasteiger partial charge < -0.3 is 19.7 Å². The van der Waals surface area contributed by atoms with Crippen LogP contribution in [0.2, 0.25) is 0 Å². The first-order chi connectivity index (χ1) is 12.4. The molecule has 2 aliphatic heterocycles. The van der Waals surface area contributed by atoms with Crippen LogP contribution >= 0.6 is 0 Å². The molecule has 0 aliphatic carbocycles. The molecule has 2 aliphatic rings.